The molecular weight excluding hydrogens is 448 g/mol. The Morgan fingerprint density at radius 1 is 0.583 bits per heavy atom. The van der Waals surface area contributed by atoms with Crippen molar-refractivity contribution in [1.82, 2.24) is 0 Å². The Morgan fingerprint density at radius 3 is 1.25 bits per heavy atom. The van der Waals surface area contributed by atoms with Crippen LogP contribution in [-0.4, -0.2) is 23.1 Å². The first-order valence-corrected chi connectivity index (χ1v) is 15.0. The molecule has 0 aromatic heterocycles. The van der Waals surface area contributed by atoms with Gasteiger partial charge in [0.15, 0.2) is 5.41 Å². The Labute approximate surface area is 224 Å². The minimum absolute atomic E-state index is 0.406. The zero-order chi connectivity index (χ0) is 27.5. The number of rotatable bonds is 21. The van der Waals surface area contributed by atoms with E-state index in [0.717, 1.165) is 44.9 Å². The quantitative estimate of drug-likeness (QED) is 0.0670. The summed E-state index contributed by atoms with van der Waals surface area (Å²) in [5, 5.41) is 0. The highest BCUT2D eigenvalue weighted by molar-refractivity contribution is 6.00. The second kappa shape index (κ2) is 18.9. The first kappa shape index (κ1) is 34.7. The highest BCUT2D eigenvalue weighted by atomic mass is 16.6. The number of carbonyl (C=O) groups is 2. The molecule has 4 heteroatoms. The van der Waals surface area contributed by atoms with Crippen molar-refractivity contribution in [3.63, 3.8) is 0 Å². The molecule has 0 N–H and O–H groups in total. The van der Waals surface area contributed by atoms with Gasteiger partial charge in [-0.2, -0.15) is 0 Å². The molecular formula is C32H60O4. The molecule has 4 nitrogen and oxygen atoms in total. The van der Waals surface area contributed by atoms with E-state index in [0.29, 0.717) is 12.8 Å². The number of hydrogen-bond donors (Lipinski definition) is 0. The number of carbonyl (C=O) groups excluding carboxylic acids is 2. The van der Waals surface area contributed by atoms with Gasteiger partial charge in [0.1, 0.15) is 11.2 Å². The summed E-state index contributed by atoms with van der Waals surface area (Å²) in [6.07, 6.45) is 21.3. The molecule has 0 radical (unpaired) electrons. The summed E-state index contributed by atoms with van der Waals surface area (Å²) in [6, 6.07) is 0. The molecule has 212 valence electrons. The summed E-state index contributed by atoms with van der Waals surface area (Å²) in [4.78, 5) is 27.2. The first-order valence-electron chi connectivity index (χ1n) is 15.0. The molecule has 0 aliphatic heterocycles. The van der Waals surface area contributed by atoms with E-state index in [1.807, 2.05) is 47.6 Å². The van der Waals surface area contributed by atoms with Crippen molar-refractivity contribution < 1.29 is 19.1 Å². The summed E-state index contributed by atoms with van der Waals surface area (Å²) < 4.78 is 11.7. The van der Waals surface area contributed by atoms with E-state index in [1.165, 1.54) is 57.8 Å². The van der Waals surface area contributed by atoms with Gasteiger partial charge in [0.05, 0.1) is 0 Å². The van der Waals surface area contributed by atoms with Gasteiger partial charge in [-0.1, -0.05) is 103 Å². The number of ether oxygens (including phenoxy) is 2. The topological polar surface area (TPSA) is 52.6 Å². The predicted octanol–water partition coefficient (Wildman–Crippen LogP) is 9.88. The summed E-state index contributed by atoms with van der Waals surface area (Å²) in [5.74, 6) is -0.812. The molecule has 0 saturated heterocycles. The fraction of sp³-hybridized carbons (Fsp3) is 0.875. The average Bonchev–Trinajstić information content (AvgIpc) is 2.75. The smallest absolute Gasteiger partial charge is 0.324 e. The molecule has 0 bridgehead atoms. The van der Waals surface area contributed by atoms with Crippen molar-refractivity contribution in [2.75, 3.05) is 0 Å². The molecule has 0 atom stereocenters. The third-order valence-electron chi connectivity index (χ3n) is 6.55. The lowest BCUT2D eigenvalue weighted by atomic mass is 9.77. The van der Waals surface area contributed by atoms with Crippen LogP contribution in [0.15, 0.2) is 12.7 Å². The van der Waals surface area contributed by atoms with E-state index in [9.17, 15) is 9.59 Å². The lowest BCUT2D eigenvalue weighted by Gasteiger charge is -2.35. The average molecular weight is 509 g/mol. The van der Waals surface area contributed by atoms with E-state index in [-0.39, 0.29) is 0 Å². The Kier molecular flexibility index (Phi) is 18.2. The molecule has 0 rings (SSSR count). The molecule has 0 aromatic carbocycles. The van der Waals surface area contributed by atoms with Crippen molar-refractivity contribution in [2.45, 2.75) is 175 Å². The van der Waals surface area contributed by atoms with Gasteiger partial charge in [-0.25, -0.2) is 0 Å². The number of hydrogen-bond acceptors (Lipinski definition) is 4. The van der Waals surface area contributed by atoms with Crippen molar-refractivity contribution in [1.29, 1.82) is 0 Å². The minimum Gasteiger partial charge on any atom is -0.459 e. The van der Waals surface area contributed by atoms with Gasteiger partial charge in [-0.05, 0) is 67.2 Å². The lowest BCUT2D eigenvalue weighted by molar-refractivity contribution is -0.187. The van der Waals surface area contributed by atoms with Gasteiger partial charge >= 0.3 is 11.9 Å². The van der Waals surface area contributed by atoms with Crippen molar-refractivity contribution >= 4 is 11.9 Å². The first-order chi connectivity index (χ1) is 16.9. The van der Waals surface area contributed by atoms with Crippen LogP contribution in [0.3, 0.4) is 0 Å². The van der Waals surface area contributed by atoms with Gasteiger partial charge in [-0.15, -0.1) is 6.58 Å². The second-order valence-corrected chi connectivity index (χ2v) is 12.6. The maximum atomic E-state index is 13.6. The fourth-order valence-corrected chi connectivity index (χ4v) is 4.53. The van der Waals surface area contributed by atoms with Crippen LogP contribution >= 0.6 is 0 Å². The van der Waals surface area contributed by atoms with E-state index in [1.54, 1.807) is 0 Å². The highest BCUT2D eigenvalue weighted by Crippen LogP contribution is 2.38. The maximum Gasteiger partial charge on any atom is 0.324 e. The largest absolute Gasteiger partial charge is 0.459 e. The third-order valence-corrected chi connectivity index (χ3v) is 6.55. The van der Waals surface area contributed by atoms with Crippen LogP contribution in [0, 0.1) is 5.41 Å². The third kappa shape index (κ3) is 17.2. The second-order valence-electron chi connectivity index (χ2n) is 12.6. The van der Waals surface area contributed by atoms with E-state index in [2.05, 4.69) is 13.5 Å². The molecule has 36 heavy (non-hydrogen) atoms. The van der Waals surface area contributed by atoms with Crippen molar-refractivity contribution in [3.05, 3.63) is 12.7 Å². The van der Waals surface area contributed by atoms with E-state index >= 15 is 0 Å². The molecule has 0 saturated carbocycles. The fourth-order valence-electron chi connectivity index (χ4n) is 4.53. The lowest BCUT2D eigenvalue weighted by Crippen LogP contribution is -2.46. The van der Waals surface area contributed by atoms with Gasteiger partial charge < -0.3 is 9.47 Å². The molecule has 0 heterocycles. The van der Waals surface area contributed by atoms with Crippen LogP contribution in [0.5, 0.6) is 0 Å². The van der Waals surface area contributed by atoms with Crippen molar-refractivity contribution in [2.24, 2.45) is 5.41 Å². The van der Waals surface area contributed by atoms with Crippen LogP contribution in [0.1, 0.15) is 164 Å². The van der Waals surface area contributed by atoms with Crippen LogP contribution in [0.2, 0.25) is 0 Å². The Bertz CT molecular complexity index is 566. The Hall–Kier alpha value is -1.32. The Morgan fingerprint density at radius 2 is 0.917 bits per heavy atom. The maximum absolute atomic E-state index is 13.6. The number of allylic oxidation sites excluding steroid dienone is 1. The monoisotopic (exact) mass is 508 g/mol. The standard InChI is InChI=1S/C32H60O4/c1-9-11-13-15-17-19-21-23-25-27-32(28(33)35-30(3,4)5,29(34)36-31(6,7)8)26-24-22-20-18-16-14-12-10-2/h9H,1,10-27H2,2-8H3. The van der Waals surface area contributed by atoms with Crippen molar-refractivity contribution in [3.8, 4) is 0 Å². The van der Waals surface area contributed by atoms with E-state index < -0.39 is 28.6 Å². The molecule has 0 aliphatic rings. The summed E-state index contributed by atoms with van der Waals surface area (Å²) >= 11 is 0. The molecule has 0 spiro atoms. The predicted molar refractivity (Wildman–Crippen MR) is 153 cm³/mol. The number of unbranched alkanes of at least 4 members (excludes halogenated alkanes) is 14. The molecule has 0 fully saturated rings. The van der Waals surface area contributed by atoms with Gasteiger partial charge in [0, 0.05) is 0 Å². The van der Waals surface area contributed by atoms with Gasteiger partial charge in [0.25, 0.3) is 0 Å². The van der Waals surface area contributed by atoms with Crippen LogP contribution in [0.4, 0.5) is 0 Å². The Balaban J connectivity index is 5.24. The van der Waals surface area contributed by atoms with Gasteiger partial charge in [0.2, 0.25) is 0 Å². The highest BCUT2D eigenvalue weighted by Gasteiger charge is 2.50. The molecule has 0 aromatic rings. The molecule has 0 unspecified atom stereocenters. The SMILES string of the molecule is C=CCCCCCCCCCC(CCCCCCCCCC)(C(=O)OC(C)(C)C)C(=O)OC(C)(C)C. The van der Waals surface area contributed by atoms with E-state index in [4.69, 9.17) is 9.47 Å². The summed E-state index contributed by atoms with van der Waals surface area (Å²) in [5.41, 5.74) is -2.50. The van der Waals surface area contributed by atoms with Crippen LogP contribution < -0.4 is 0 Å². The van der Waals surface area contributed by atoms with Crippen LogP contribution in [0.25, 0.3) is 0 Å². The molecule has 0 aliphatic carbocycles. The molecule has 0 amide bonds. The zero-order valence-corrected chi connectivity index (χ0v) is 25.1. The summed E-state index contributed by atoms with van der Waals surface area (Å²) in [7, 11) is 0. The normalized spacial score (nSPS) is 12.4. The minimum atomic E-state index is -1.22. The van der Waals surface area contributed by atoms with Crippen LogP contribution in [-0.2, 0) is 19.1 Å². The van der Waals surface area contributed by atoms with Gasteiger partial charge in [-0.3, -0.25) is 9.59 Å². The number of esters is 2. The zero-order valence-electron chi connectivity index (χ0n) is 25.1. The summed E-state index contributed by atoms with van der Waals surface area (Å²) in [6.45, 7) is 17.2.